The van der Waals surface area contributed by atoms with E-state index in [-0.39, 0.29) is 34.6 Å². The Balaban J connectivity index is 1.71. The van der Waals surface area contributed by atoms with E-state index in [1.54, 1.807) is 18.2 Å². The SMILES string of the molecule is O=C(c1ccccc1Cl)N(Cc1ccc([N+](=O)[O-])cc1)N1C(=O)[C@H]2CCCC[C@@H]2C1=O. The molecule has 2 aromatic carbocycles. The number of rotatable bonds is 5. The van der Waals surface area contributed by atoms with Gasteiger partial charge in [0.1, 0.15) is 0 Å². The van der Waals surface area contributed by atoms with E-state index in [4.69, 9.17) is 11.6 Å². The van der Waals surface area contributed by atoms with Crippen LogP contribution in [0.4, 0.5) is 5.69 Å². The molecule has 3 amide bonds. The largest absolute Gasteiger partial charge is 0.274 e. The maximum absolute atomic E-state index is 13.4. The summed E-state index contributed by atoms with van der Waals surface area (Å²) in [4.78, 5) is 50.1. The summed E-state index contributed by atoms with van der Waals surface area (Å²) in [6, 6.07) is 12.1. The first-order chi connectivity index (χ1) is 14.9. The van der Waals surface area contributed by atoms with Gasteiger partial charge in [-0.3, -0.25) is 24.5 Å². The van der Waals surface area contributed by atoms with Gasteiger partial charge < -0.3 is 0 Å². The molecule has 2 atom stereocenters. The molecule has 160 valence electrons. The number of carbonyl (C=O) groups is 3. The molecular weight excluding hydrogens is 422 g/mol. The van der Waals surface area contributed by atoms with Gasteiger partial charge in [0.05, 0.1) is 33.9 Å². The Kier molecular flexibility index (Phi) is 5.73. The summed E-state index contributed by atoms with van der Waals surface area (Å²) in [5, 5.41) is 13.2. The molecule has 0 bridgehead atoms. The second kappa shape index (κ2) is 8.47. The standard InChI is InChI=1S/C22H20ClN3O5/c23-19-8-4-3-7-18(19)20(27)24(13-14-9-11-15(12-10-14)26(30)31)25-21(28)16-5-1-2-6-17(16)22(25)29/h3-4,7-12,16-17H,1-2,5-6,13H2/t16-,17-/m0/s1. The van der Waals surface area contributed by atoms with Gasteiger partial charge in [-0.15, -0.1) is 0 Å². The number of amides is 3. The van der Waals surface area contributed by atoms with Crippen LogP contribution in [0.2, 0.25) is 5.02 Å². The fraction of sp³-hybridized carbons (Fsp3) is 0.318. The van der Waals surface area contributed by atoms with Crippen molar-refractivity contribution in [3.63, 3.8) is 0 Å². The molecule has 1 saturated carbocycles. The normalized spacial score (nSPS) is 20.5. The second-order valence-electron chi connectivity index (χ2n) is 7.75. The van der Waals surface area contributed by atoms with Gasteiger partial charge in [-0.1, -0.05) is 48.7 Å². The quantitative estimate of drug-likeness (QED) is 0.397. The van der Waals surface area contributed by atoms with Gasteiger partial charge in [-0.2, -0.15) is 5.01 Å². The number of hydrogen-bond acceptors (Lipinski definition) is 5. The van der Waals surface area contributed by atoms with E-state index in [1.165, 1.54) is 30.3 Å². The smallest absolute Gasteiger partial charge is 0.272 e. The van der Waals surface area contributed by atoms with Crippen molar-refractivity contribution in [1.82, 2.24) is 10.0 Å². The van der Waals surface area contributed by atoms with Crippen molar-refractivity contribution in [1.29, 1.82) is 0 Å². The predicted octanol–water partition coefficient (Wildman–Crippen LogP) is 3.98. The van der Waals surface area contributed by atoms with Crippen molar-refractivity contribution in [2.24, 2.45) is 11.8 Å². The van der Waals surface area contributed by atoms with Crippen molar-refractivity contribution in [3.05, 3.63) is 74.8 Å². The Labute approximate surface area is 183 Å². The van der Waals surface area contributed by atoms with Crippen LogP contribution in [0.5, 0.6) is 0 Å². The van der Waals surface area contributed by atoms with E-state index < -0.39 is 22.7 Å². The average Bonchev–Trinajstić information content (AvgIpc) is 3.03. The number of halogens is 1. The van der Waals surface area contributed by atoms with E-state index in [0.717, 1.165) is 22.9 Å². The van der Waals surface area contributed by atoms with Gasteiger partial charge in [0, 0.05) is 12.1 Å². The topological polar surface area (TPSA) is 101 Å². The molecule has 0 radical (unpaired) electrons. The third kappa shape index (κ3) is 3.90. The van der Waals surface area contributed by atoms with E-state index in [0.29, 0.717) is 18.4 Å². The minimum atomic E-state index is -0.579. The van der Waals surface area contributed by atoms with E-state index >= 15 is 0 Å². The molecule has 2 fully saturated rings. The summed E-state index contributed by atoms with van der Waals surface area (Å²) < 4.78 is 0. The van der Waals surface area contributed by atoms with Crippen molar-refractivity contribution in [2.45, 2.75) is 32.2 Å². The highest BCUT2D eigenvalue weighted by atomic mass is 35.5. The predicted molar refractivity (Wildman–Crippen MR) is 112 cm³/mol. The fourth-order valence-corrected chi connectivity index (χ4v) is 4.50. The third-order valence-corrected chi connectivity index (χ3v) is 6.21. The zero-order valence-corrected chi connectivity index (χ0v) is 17.3. The lowest BCUT2D eigenvalue weighted by atomic mass is 9.81. The summed E-state index contributed by atoms with van der Waals surface area (Å²) in [7, 11) is 0. The Morgan fingerprint density at radius 2 is 1.61 bits per heavy atom. The Hall–Kier alpha value is -3.26. The van der Waals surface area contributed by atoms with E-state index in [2.05, 4.69) is 0 Å². The summed E-state index contributed by atoms with van der Waals surface area (Å²) in [6.07, 6.45) is 2.98. The molecule has 4 rings (SSSR count). The third-order valence-electron chi connectivity index (χ3n) is 5.88. The number of benzene rings is 2. The monoisotopic (exact) mass is 441 g/mol. The van der Waals surface area contributed by atoms with Crippen LogP contribution in [0, 0.1) is 22.0 Å². The van der Waals surface area contributed by atoms with Gasteiger partial charge in [0.25, 0.3) is 23.4 Å². The number of nitro benzene ring substituents is 1. The van der Waals surface area contributed by atoms with Crippen LogP contribution in [-0.2, 0) is 16.1 Å². The molecular formula is C22H20ClN3O5. The van der Waals surface area contributed by atoms with Gasteiger partial charge in [0.15, 0.2) is 0 Å². The summed E-state index contributed by atoms with van der Waals surface area (Å²) in [5.74, 6) is -2.17. The molecule has 0 unspecified atom stereocenters. The number of nitro groups is 1. The highest BCUT2D eigenvalue weighted by molar-refractivity contribution is 6.33. The maximum atomic E-state index is 13.4. The highest BCUT2D eigenvalue weighted by Gasteiger charge is 2.51. The minimum absolute atomic E-state index is 0.0907. The Bertz CT molecular complexity index is 1030. The number of hydrogen-bond donors (Lipinski definition) is 0. The number of non-ortho nitro benzene ring substituents is 1. The maximum Gasteiger partial charge on any atom is 0.274 e. The Morgan fingerprint density at radius 1 is 1.03 bits per heavy atom. The first kappa shape index (κ1) is 21.0. The number of fused-ring (bicyclic) bond motifs is 1. The summed E-state index contributed by atoms with van der Waals surface area (Å²) >= 11 is 6.21. The zero-order chi connectivity index (χ0) is 22.1. The van der Waals surface area contributed by atoms with Crippen molar-refractivity contribution in [2.75, 3.05) is 0 Å². The zero-order valence-electron chi connectivity index (χ0n) is 16.6. The number of nitrogens with zero attached hydrogens (tertiary/aromatic N) is 3. The molecule has 2 aromatic rings. The molecule has 1 heterocycles. The van der Waals surface area contributed by atoms with Crippen LogP contribution in [0.3, 0.4) is 0 Å². The number of imide groups is 1. The van der Waals surface area contributed by atoms with Crippen LogP contribution in [0.15, 0.2) is 48.5 Å². The first-order valence-corrected chi connectivity index (χ1v) is 10.4. The van der Waals surface area contributed by atoms with Crippen LogP contribution in [0.25, 0.3) is 0 Å². The lowest BCUT2D eigenvalue weighted by Crippen LogP contribution is -2.49. The summed E-state index contributed by atoms with van der Waals surface area (Å²) in [5.41, 5.74) is 0.620. The van der Waals surface area contributed by atoms with Crippen molar-refractivity contribution >= 4 is 35.0 Å². The molecule has 1 saturated heterocycles. The number of carbonyl (C=O) groups excluding carboxylic acids is 3. The molecule has 1 aliphatic heterocycles. The van der Waals surface area contributed by atoms with Gasteiger partial charge in [-0.25, -0.2) is 5.01 Å². The van der Waals surface area contributed by atoms with E-state index in [9.17, 15) is 24.5 Å². The lowest BCUT2D eigenvalue weighted by molar-refractivity contribution is -0.384. The first-order valence-electron chi connectivity index (χ1n) is 10.1. The lowest BCUT2D eigenvalue weighted by Gasteiger charge is -2.31. The van der Waals surface area contributed by atoms with Gasteiger partial charge in [0.2, 0.25) is 0 Å². The van der Waals surface area contributed by atoms with Crippen LogP contribution < -0.4 is 0 Å². The molecule has 8 nitrogen and oxygen atoms in total. The minimum Gasteiger partial charge on any atom is -0.272 e. The fourth-order valence-electron chi connectivity index (χ4n) is 4.29. The van der Waals surface area contributed by atoms with Gasteiger partial charge >= 0.3 is 0 Å². The summed E-state index contributed by atoms with van der Waals surface area (Å²) in [6.45, 7) is -0.0982. The van der Waals surface area contributed by atoms with Crippen molar-refractivity contribution < 1.29 is 19.3 Å². The molecule has 1 aliphatic carbocycles. The molecule has 0 N–H and O–H groups in total. The second-order valence-corrected chi connectivity index (χ2v) is 8.16. The molecule has 9 heteroatoms. The van der Waals surface area contributed by atoms with Gasteiger partial charge in [-0.05, 0) is 30.5 Å². The van der Waals surface area contributed by atoms with Crippen molar-refractivity contribution in [3.8, 4) is 0 Å². The highest BCUT2D eigenvalue weighted by Crippen LogP contribution is 2.39. The van der Waals surface area contributed by atoms with Crippen LogP contribution in [0.1, 0.15) is 41.6 Å². The molecule has 0 spiro atoms. The molecule has 0 aromatic heterocycles. The van der Waals surface area contributed by atoms with Crippen LogP contribution >= 0.6 is 11.6 Å². The molecule has 31 heavy (non-hydrogen) atoms. The van der Waals surface area contributed by atoms with Crippen LogP contribution in [-0.4, -0.2) is 32.7 Å². The number of hydrazine groups is 1. The molecule has 2 aliphatic rings. The Morgan fingerprint density at radius 3 is 2.16 bits per heavy atom. The average molecular weight is 442 g/mol. The van der Waals surface area contributed by atoms with E-state index in [1.807, 2.05) is 0 Å².